The Morgan fingerprint density at radius 3 is 2.40 bits per heavy atom. The lowest BCUT2D eigenvalue weighted by molar-refractivity contribution is 0.928. The number of hydrogen-bond donors (Lipinski definition) is 1. The summed E-state index contributed by atoms with van der Waals surface area (Å²) in [5.74, 6) is 0.426. The van der Waals surface area contributed by atoms with Crippen LogP contribution in [0.1, 0.15) is 13.8 Å². The number of fused-ring (bicyclic) bond motifs is 1. The number of allylic oxidation sites excluding steroid dienone is 2. The van der Waals surface area contributed by atoms with Crippen LogP contribution in [0, 0.1) is 0 Å². The quantitative estimate of drug-likeness (QED) is 0.662. The third-order valence-corrected chi connectivity index (χ3v) is 1.86. The van der Waals surface area contributed by atoms with Crippen LogP contribution in [-0.2, 0) is 7.05 Å². The summed E-state index contributed by atoms with van der Waals surface area (Å²) in [5.41, 5.74) is 6.97. The molecule has 80 valence electrons. The van der Waals surface area contributed by atoms with Crippen LogP contribution in [0.4, 0.5) is 5.82 Å². The van der Waals surface area contributed by atoms with E-state index in [0.29, 0.717) is 11.3 Å². The number of anilines is 1. The summed E-state index contributed by atoms with van der Waals surface area (Å²) in [6.45, 7) is 4.00. The van der Waals surface area contributed by atoms with Gasteiger partial charge in [-0.2, -0.15) is 0 Å². The van der Waals surface area contributed by atoms with Crippen molar-refractivity contribution in [3.8, 4) is 0 Å². The van der Waals surface area contributed by atoms with Crippen LogP contribution in [0.15, 0.2) is 24.8 Å². The van der Waals surface area contributed by atoms with Gasteiger partial charge in [-0.1, -0.05) is 12.2 Å². The summed E-state index contributed by atoms with van der Waals surface area (Å²) >= 11 is 0. The summed E-state index contributed by atoms with van der Waals surface area (Å²) in [7, 11) is 1.86. The highest BCUT2D eigenvalue weighted by atomic mass is 15.1. The van der Waals surface area contributed by atoms with Crippen molar-refractivity contribution < 1.29 is 0 Å². The van der Waals surface area contributed by atoms with Gasteiger partial charge in [0.15, 0.2) is 11.5 Å². The lowest BCUT2D eigenvalue weighted by Crippen LogP contribution is -1.94. The fraction of sp³-hybridized carbons (Fsp3) is 0.300. The van der Waals surface area contributed by atoms with Crippen LogP contribution in [0.25, 0.3) is 11.2 Å². The van der Waals surface area contributed by atoms with Gasteiger partial charge in [0.25, 0.3) is 0 Å². The Kier molecular flexibility index (Phi) is 3.79. The first kappa shape index (κ1) is 11.2. The molecule has 0 bridgehead atoms. The molecule has 0 saturated carbocycles. The van der Waals surface area contributed by atoms with E-state index in [1.807, 2.05) is 33.0 Å². The number of rotatable bonds is 0. The molecular weight excluding hydrogens is 190 g/mol. The van der Waals surface area contributed by atoms with Gasteiger partial charge >= 0.3 is 0 Å². The van der Waals surface area contributed by atoms with Crippen molar-refractivity contribution >= 4 is 17.0 Å². The number of aromatic nitrogens is 4. The van der Waals surface area contributed by atoms with Gasteiger partial charge in [-0.3, -0.25) is 0 Å². The second-order valence-electron chi connectivity index (χ2n) is 2.95. The van der Waals surface area contributed by atoms with E-state index in [-0.39, 0.29) is 0 Å². The molecular formula is C10H15N5. The van der Waals surface area contributed by atoms with Crippen LogP contribution in [-0.4, -0.2) is 19.5 Å². The SMILES string of the molecule is CC=CC.Cn1cnc2c(N)ncnc21. The Labute approximate surface area is 88.7 Å². The van der Waals surface area contributed by atoms with Crippen molar-refractivity contribution in [2.24, 2.45) is 7.05 Å². The van der Waals surface area contributed by atoms with Gasteiger partial charge < -0.3 is 10.3 Å². The molecule has 0 aromatic carbocycles. The fourth-order valence-corrected chi connectivity index (χ4v) is 0.964. The highest BCUT2D eigenvalue weighted by Crippen LogP contribution is 2.11. The van der Waals surface area contributed by atoms with Crippen molar-refractivity contribution in [3.05, 3.63) is 24.8 Å². The van der Waals surface area contributed by atoms with Gasteiger partial charge in [-0.15, -0.1) is 0 Å². The number of aryl methyl sites for hydroxylation is 1. The van der Waals surface area contributed by atoms with E-state index >= 15 is 0 Å². The molecule has 0 unspecified atom stereocenters. The van der Waals surface area contributed by atoms with Crippen LogP contribution < -0.4 is 5.73 Å². The number of nitrogens with two attached hydrogens (primary N) is 1. The Bertz CT molecular complexity index is 454. The Hall–Kier alpha value is -1.91. The van der Waals surface area contributed by atoms with Gasteiger partial charge in [0, 0.05) is 7.05 Å². The molecule has 0 radical (unpaired) electrons. The van der Waals surface area contributed by atoms with Gasteiger partial charge in [0.05, 0.1) is 6.33 Å². The van der Waals surface area contributed by atoms with E-state index in [0.717, 1.165) is 5.65 Å². The number of nitrogens with zero attached hydrogens (tertiary/aromatic N) is 4. The zero-order valence-corrected chi connectivity index (χ0v) is 9.18. The molecule has 0 amide bonds. The highest BCUT2D eigenvalue weighted by molar-refractivity contribution is 5.80. The first-order valence-electron chi connectivity index (χ1n) is 4.65. The largest absolute Gasteiger partial charge is 0.382 e. The average molecular weight is 205 g/mol. The standard InChI is InChI=1S/C6H7N5.C4H8/c1-11-3-10-4-5(7)8-2-9-6(4)11;1-3-4-2/h2-3H,1H3,(H2,7,8,9);3-4H,1-2H3. The molecule has 0 spiro atoms. The number of nitrogen functional groups attached to an aromatic ring is 1. The van der Waals surface area contributed by atoms with Gasteiger partial charge in [0.2, 0.25) is 0 Å². The predicted octanol–water partition coefficient (Wildman–Crippen LogP) is 1.53. The van der Waals surface area contributed by atoms with Crippen LogP contribution >= 0.6 is 0 Å². The van der Waals surface area contributed by atoms with Crippen molar-refractivity contribution in [2.75, 3.05) is 5.73 Å². The van der Waals surface area contributed by atoms with Crippen molar-refractivity contribution in [3.63, 3.8) is 0 Å². The molecule has 15 heavy (non-hydrogen) atoms. The second kappa shape index (κ2) is 5.09. The van der Waals surface area contributed by atoms with E-state index in [1.165, 1.54) is 6.33 Å². The molecule has 0 aliphatic heterocycles. The predicted molar refractivity (Wildman–Crippen MR) is 61.2 cm³/mol. The topological polar surface area (TPSA) is 69.6 Å². The second-order valence-corrected chi connectivity index (χ2v) is 2.95. The minimum Gasteiger partial charge on any atom is -0.382 e. The van der Waals surface area contributed by atoms with Crippen LogP contribution in [0.3, 0.4) is 0 Å². The zero-order chi connectivity index (χ0) is 11.3. The first-order chi connectivity index (χ1) is 7.20. The van der Waals surface area contributed by atoms with Gasteiger partial charge in [-0.25, -0.2) is 15.0 Å². The molecule has 0 fully saturated rings. The molecule has 0 aliphatic carbocycles. The first-order valence-corrected chi connectivity index (χ1v) is 4.65. The number of imidazole rings is 1. The van der Waals surface area contributed by atoms with Crippen LogP contribution in [0.5, 0.6) is 0 Å². The minimum atomic E-state index is 0.426. The van der Waals surface area contributed by atoms with E-state index in [9.17, 15) is 0 Å². The third-order valence-electron chi connectivity index (χ3n) is 1.86. The monoisotopic (exact) mass is 205 g/mol. The summed E-state index contributed by atoms with van der Waals surface area (Å²) < 4.78 is 1.80. The van der Waals surface area contributed by atoms with E-state index < -0.39 is 0 Å². The van der Waals surface area contributed by atoms with E-state index in [4.69, 9.17) is 5.73 Å². The molecule has 0 aliphatic rings. The van der Waals surface area contributed by atoms with E-state index in [2.05, 4.69) is 15.0 Å². The number of hydrogen-bond acceptors (Lipinski definition) is 4. The Morgan fingerprint density at radius 1 is 1.20 bits per heavy atom. The van der Waals surface area contributed by atoms with Crippen LogP contribution in [0.2, 0.25) is 0 Å². The molecule has 2 rings (SSSR count). The average Bonchev–Trinajstić information content (AvgIpc) is 2.63. The molecule has 0 atom stereocenters. The molecule has 0 saturated heterocycles. The lowest BCUT2D eigenvalue weighted by Gasteiger charge is -1.92. The van der Waals surface area contributed by atoms with Crippen molar-refractivity contribution in [1.82, 2.24) is 19.5 Å². The minimum absolute atomic E-state index is 0.426. The maximum Gasteiger partial charge on any atom is 0.165 e. The van der Waals surface area contributed by atoms with Crippen molar-refractivity contribution in [2.45, 2.75) is 13.8 Å². The Balaban J connectivity index is 0.000000245. The molecule has 2 aromatic heterocycles. The maximum atomic E-state index is 5.54. The van der Waals surface area contributed by atoms with Gasteiger partial charge in [-0.05, 0) is 13.8 Å². The third kappa shape index (κ3) is 2.52. The molecule has 2 N–H and O–H groups in total. The smallest absolute Gasteiger partial charge is 0.165 e. The highest BCUT2D eigenvalue weighted by Gasteiger charge is 2.03. The Morgan fingerprint density at radius 2 is 1.87 bits per heavy atom. The summed E-state index contributed by atoms with van der Waals surface area (Å²) in [6, 6.07) is 0. The lowest BCUT2D eigenvalue weighted by atomic mass is 10.5. The molecule has 5 nitrogen and oxygen atoms in total. The van der Waals surface area contributed by atoms with E-state index in [1.54, 1.807) is 10.9 Å². The molecule has 5 heteroatoms. The van der Waals surface area contributed by atoms with Crippen molar-refractivity contribution in [1.29, 1.82) is 0 Å². The molecule has 2 heterocycles. The summed E-state index contributed by atoms with van der Waals surface area (Å²) in [4.78, 5) is 11.9. The normalized spacial score (nSPS) is 10.3. The summed E-state index contributed by atoms with van der Waals surface area (Å²) in [6.07, 6.45) is 7.09. The van der Waals surface area contributed by atoms with Gasteiger partial charge in [0.1, 0.15) is 11.8 Å². The fourth-order valence-electron chi connectivity index (χ4n) is 0.964. The summed E-state index contributed by atoms with van der Waals surface area (Å²) in [5, 5.41) is 0. The maximum absolute atomic E-state index is 5.54. The molecule has 2 aromatic rings. The zero-order valence-electron chi connectivity index (χ0n) is 9.18.